The van der Waals surface area contributed by atoms with E-state index in [1.165, 1.54) is 11.3 Å². The fourth-order valence-electron chi connectivity index (χ4n) is 2.96. The molecule has 0 unspecified atom stereocenters. The van der Waals surface area contributed by atoms with E-state index in [9.17, 15) is 9.59 Å². The van der Waals surface area contributed by atoms with E-state index >= 15 is 0 Å². The van der Waals surface area contributed by atoms with Gasteiger partial charge in [-0.2, -0.15) is 0 Å². The molecule has 5 N–H and O–H groups in total. The second kappa shape index (κ2) is 10.1. The Balaban J connectivity index is 2.06. The van der Waals surface area contributed by atoms with E-state index in [1.807, 2.05) is 38.1 Å². The van der Waals surface area contributed by atoms with Crippen LogP contribution in [0.1, 0.15) is 33.5 Å². The van der Waals surface area contributed by atoms with Crippen LogP contribution in [0.5, 0.6) is 0 Å². The topological polar surface area (TPSA) is 137 Å². The number of carbonyl (C=O) groups is 2. The number of amides is 3. The van der Waals surface area contributed by atoms with Crippen molar-refractivity contribution in [2.24, 2.45) is 15.7 Å². The van der Waals surface area contributed by atoms with Gasteiger partial charge in [0.05, 0.1) is 5.70 Å². The summed E-state index contributed by atoms with van der Waals surface area (Å²) in [5.41, 5.74) is 9.48. The van der Waals surface area contributed by atoms with Crippen LogP contribution in [0.25, 0.3) is 5.70 Å². The maximum atomic E-state index is 11.9. The Bertz CT molecular complexity index is 1180. The molecule has 0 radical (unpaired) electrons. The third kappa shape index (κ3) is 5.26. The van der Waals surface area contributed by atoms with Gasteiger partial charge < -0.3 is 21.3 Å². The van der Waals surface area contributed by atoms with E-state index in [2.05, 4.69) is 32.5 Å². The fraction of sp³-hybridized carbons (Fsp3) is 0.227. The maximum absolute atomic E-state index is 11.9. The lowest BCUT2D eigenvalue weighted by Gasteiger charge is -2.15. The molecule has 2 heterocycles. The highest BCUT2D eigenvalue weighted by Crippen LogP contribution is 2.27. The Morgan fingerprint density at radius 3 is 2.61 bits per heavy atom. The number of aromatic nitrogens is 1. The molecule has 2 aromatic rings. The lowest BCUT2D eigenvalue weighted by molar-refractivity contribution is 0.0959. The first-order chi connectivity index (χ1) is 15.7. The average molecular weight is 467 g/mol. The molecule has 1 aliphatic heterocycles. The molecule has 33 heavy (non-hydrogen) atoms. The van der Waals surface area contributed by atoms with Crippen LogP contribution >= 0.6 is 11.3 Å². The highest BCUT2D eigenvalue weighted by atomic mass is 32.1. The van der Waals surface area contributed by atoms with Crippen LogP contribution in [0.15, 0.2) is 57.7 Å². The van der Waals surface area contributed by atoms with Gasteiger partial charge in [0, 0.05) is 26.0 Å². The van der Waals surface area contributed by atoms with Gasteiger partial charge in [0.2, 0.25) is 0 Å². The molecule has 1 aromatic heterocycles. The summed E-state index contributed by atoms with van der Waals surface area (Å²) < 4.78 is 0. The third-order valence-electron chi connectivity index (χ3n) is 4.67. The zero-order valence-electron chi connectivity index (χ0n) is 18.9. The van der Waals surface area contributed by atoms with Gasteiger partial charge >= 0.3 is 6.03 Å². The largest absolute Gasteiger partial charge is 0.396 e. The lowest BCUT2D eigenvalue weighted by atomic mass is 10.1. The Morgan fingerprint density at radius 2 is 1.97 bits per heavy atom. The number of urea groups is 1. The van der Waals surface area contributed by atoms with Crippen LogP contribution in [0.2, 0.25) is 0 Å². The molecule has 3 amide bonds. The number of amidine groups is 2. The summed E-state index contributed by atoms with van der Waals surface area (Å²) in [6, 6.07) is 7.29. The van der Waals surface area contributed by atoms with Crippen molar-refractivity contribution in [3.05, 3.63) is 69.6 Å². The van der Waals surface area contributed by atoms with Crippen molar-refractivity contribution in [3.63, 3.8) is 0 Å². The number of nitrogens with two attached hydrogens (primary N) is 1. The number of nitrogens with one attached hydrogen (secondary N) is 3. The molecular formula is C22H26N8O2S. The van der Waals surface area contributed by atoms with Crippen LogP contribution in [-0.4, -0.2) is 54.1 Å². The minimum Gasteiger partial charge on any atom is -0.396 e. The molecule has 1 aliphatic rings. The predicted octanol–water partition coefficient (Wildman–Crippen LogP) is 2.02. The van der Waals surface area contributed by atoms with Gasteiger partial charge in [-0.1, -0.05) is 36.4 Å². The second-order valence-corrected chi connectivity index (χ2v) is 7.96. The number of carbonyl (C=O) groups excluding carboxylic acids is 2. The molecule has 0 saturated carbocycles. The van der Waals surface area contributed by atoms with E-state index in [1.54, 1.807) is 24.4 Å². The minimum atomic E-state index is -0.416. The molecule has 11 heteroatoms. The van der Waals surface area contributed by atoms with Gasteiger partial charge in [-0.25, -0.2) is 19.8 Å². The van der Waals surface area contributed by atoms with Crippen LogP contribution in [0, 0.1) is 6.92 Å². The molecule has 3 rings (SSSR count). The molecule has 0 bridgehead atoms. The summed E-state index contributed by atoms with van der Waals surface area (Å²) >= 11 is 1.28. The summed E-state index contributed by atoms with van der Waals surface area (Å²) in [6.45, 7) is 8.09. The normalized spacial score (nSPS) is 15.8. The van der Waals surface area contributed by atoms with E-state index in [0.717, 1.165) is 11.1 Å². The minimum absolute atomic E-state index is 0.124. The standard InChI is InChI=1S/C22H26N8O2S/c1-6-25-22(32)27-13(3)26-18-17(16(23)14-9-7-12(2)8-10-14)29-19(30(18)5)21-28-15(11-33-21)20(31)24-4/h7-11H,3,6,23H2,1-2,4-5H3,(H,24,31)(H2,25,27,32)/b17-16+,26-18+. The fourth-order valence-corrected chi connectivity index (χ4v) is 3.78. The Hall–Kier alpha value is -3.99. The van der Waals surface area contributed by atoms with Crippen LogP contribution in [0.3, 0.4) is 0 Å². The summed E-state index contributed by atoms with van der Waals surface area (Å²) in [7, 11) is 3.30. The number of aryl methyl sites for hydroxylation is 1. The Labute approximate surface area is 196 Å². The predicted molar refractivity (Wildman–Crippen MR) is 131 cm³/mol. The van der Waals surface area contributed by atoms with Gasteiger partial charge in [-0.15, -0.1) is 11.3 Å². The van der Waals surface area contributed by atoms with Crippen molar-refractivity contribution in [2.75, 3.05) is 20.6 Å². The van der Waals surface area contributed by atoms with Crippen molar-refractivity contribution < 1.29 is 9.59 Å². The average Bonchev–Trinajstić information content (AvgIpc) is 3.39. The van der Waals surface area contributed by atoms with E-state index in [0.29, 0.717) is 40.3 Å². The molecular weight excluding hydrogens is 440 g/mol. The molecule has 0 aliphatic carbocycles. The summed E-state index contributed by atoms with van der Waals surface area (Å²) in [6.07, 6.45) is 0. The van der Waals surface area contributed by atoms with Crippen molar-refractivity contribution in [1.82, 2.24) is 25.8 Å². The Kier molecular flexibility index (Phi) is 7.23. The number of nitrogens with zero attached hydrogens (tertiary/aromatic N) is 4. The SMILES string of the molecule is C=C(/N=C1\C(=C(/N)c2ccc(C)cc2)N=C(c2nc(C(=O)NC)cs2)N1C)NC(=O)NCC. The van der Waals surface area contributed by atoms with Gasteiger partial charge in [0.1, 0.15) is 17.2 Å². The number of likely N-dealkylation sites (N-methyl/N-ethyl adjacent to an activating group) is 1. The first-order valence-electron chi connectivity index (χ1n) is 10.1. The first kappa shape index (κ1) is 23.7. The van der Waals surface area contributed by atoms with Gasteiger partial charge in [-0.05, 0) is 19.4 Å². The summed E-state index contributed by atoms with van der Waals surface area (Å²) in [4.78, 5) is 39.1. The van der Waals surface area contributed by atoms with E-state index < -0.39 is 6.03 Å². The van der Waals surface area contributed by atoms with Crippen molar-refractivity contribution in [3.8, 4) is 0 Å². The number of thiazole rings is 1. The highest BCUT2D eigenvalue weighted by Gasteiger charge is 2.31. The zero-order chi connectivity index (χ0) is 24.1. The first-order valence-corrected chi connectivity index (χ1v) is 11.0. The van der Waals surface area contributed by atoms with Crippen LogP contribution in [0.4, 0.5) is 4.79 Å². The Morgan fingerprint density at radius 1 is 1.27 bits per heavy atom. The number of hydrogen-bond acceptors (Lipinski definition) is 7. The molecule has 10 nitrogen and oxygen atoms in total. The molecule has 172 valence electrons. The monoisotopic (exact) mass is 466 g/mol. The number of aliphatic imine (C=N–C) groups is 2. The lowest BCUT2D eigenvalue weighted by Crippen LogP contribution is -2.35. The highest BCUT2D eigenvalue weighted by molar-refractivity contribution is 7.12. The van der Waals surface area contributed by atoms with E-state index in [-0.39, 0.29) is 11.7 Å². The second-order valence-electron chi connectivity index (χ2n) is 7.11. The van der Waals surface area contributed by atoms with Crippen molar-refractivity contribution in [1.29, 1.82) is 0 Å². The summed E-state index contributed by atoms with van der Waals surface area (Å²) in [5.74, 6) is 0.701. The summed E-state index contributed by atoms with van der Waals surface area (Å²) in [5, 5.41) is 9.94. The molecule has 0 saturated heterocycles. The smallest absolute Gasteiger partial charge is 0.320 e. The zero-order valence-corrected chi connectivity index (χ0v) is 19.7. The van der Waals surface area contributed by atoms with Crippen molar-refractivity contribution >= 4 is 40.6 Å². The van der Waals surface area contributed by atoms with Gasteiger partial charge in [0.25, 0.3) is 5.91 Å². The number of hydrogen-bond donors (Lipinski definition) is 4. The molecule has 0 spiro atoms. The van der Waals surface area contributed by atoms with Crippen LogP contribution in [-0.2, 0) is 0 Å². The van der Waals surface area contributed by atoms with E-state index in [4.69, 9.17) is 10.7 Å². The van der Waals surface area contributed by atoms with Crippen molar-refractivity contribution in [2.45, 2.75) is 13.8 Å². The van der Waals surface area contributed by atoms with Gasteiger partial charge in [-0.3, -0.25) is 10.1 Å². The van der Waals surface area contributed by atoms with Gasteiger partial charge in [0.15, 0.2) is 16.7 Å². The quantitative estimate of drug-likeness (QED) is 0.516. The third-order valence-corrected chi connectivity index (χ3v) is 5.51. The molecule has 1 aromatic carbocycles. The number of rotatable bonds is 6. The maximum Gasteiger partial charge on any atom is 0.320 e. The molecule has 0 atom stereocenters. The molecule has 0 fully saturated rings. The number of benzene rings is 1. The van der Waals surface area contributed by atoms with Crippen LogP contribution < -0.4 is 21.7 Å².